The molecule has 2 aromatic rings. The zero-order valence-corrected chi connectivity index (χ0v) is 12.4. The molecule has 0 bridgehead atoms. The Morgan fingerprint density at radius 1 is 0.905 bits per heavy atom. The summed E-state index contributed by atoms with van der Waals surface area (Å²) in [6, 6.07) is 19.0. The van der Waals surface area contributed by atoms with Crippen molar-refractivity contribution in [3.63, 3.8) is 0 Å². The molecule has 1 unspecified atom stereocenters. The van der Waals surface area contributed by atoms with Gasteiger partial charge in [0.25, 0.3) is 0 Å². The van der Waals surface area contributed by atoms with Crippen LogP contribution in [0.25, 0.3) is 0 Å². The molecule has 0 N–H and O–H groups in total. The van der Waals surface area contributed by atoms with E-state index in [1.807, 2.05) is 18.2 Å². The summed E-state index contributed by atoms with van der Waals surface area (Å²) in [7, 11) is 1.76. The Balaban J connectivity index is 1.79. The minimum atomic E-state index is -0.00932. The molecule has 1 atom stereocenters. The van der Waals surface area contributed by atoms with E-state index in [1.54, 1.807) is 7.11 Å². The normalized spacial score (nSPS) is 16.7. The average Bonchev–Trinajstić information content (AvgIpc) is 2.58. The Hall–Kier alpha value is -1.84. The molecule has 0 spiro atoms. The lowest BCUT2D eigenvalue weighted by atomic mass is 10.0. The summed E-state index contributed by atoms with van der Waals surface area (Å²) < 4.78 is 11.1. The first-order valence-corrected chi connectivity index (χ1v) is 7.39. The number of hydrogen-bond donors (Lipinski definition) is 0. The minimum Gasteiger partial charge on any atom is -0.378 e. The molecule has 1 aliphatic rings. The maximum Gasteiger partial charge on any atom is 0.107 e. The summed E-state index contributed by atoms with van der Waals surface area (Å²) in [4.78, 5) is 2.36. The molecule has 1 aliphatic heterocycles. The van der Waals surface area contributed by atoms with Gasteiger partial charge in [0.1, 0.15) is 6.10 Å². The van der Waals surface area contributed by atoms with Gasteiger partial charge in [-0.2, -0.15) is 0 Å². The second kappa shape index (κ2) is 6.74. The number of anilines is 1. The van der Waals surface area contributed by atoms with E-state index < -0.39 is 0 Å². The SMILES string of the molecule is COC(c1ccccc1)c1ccc(N2CCOCC2)cc1. The summed E-state index contributed by atoms with van der Waals surface area (Å²) in [6.07, 6.45) is -0.00932. The van der Waals surface area contributed by atoms with Crippen LogP contribution in [0.2, 0.25) is 0 Å². The van der Waals surface area contributed by atoms with Crippen molar-refractivity contribution in [2.75, 3.05) is 38.3 Å². The largest absolute Gasteiger partial charge is 0.378 e. The lowest BCUT2D eigenvalue weighted by Crippen LogP contribution is -2.36. The fourth-order valence-corrected chi connectivity index (χ4v) is 2.77. The van der Waals surface area contributed by atoms with E-state index in [2.05, 4.69) is 41.3 Å². The maximum absolute atomic E-state index is 5.67. The number of benzene rings is 2. The van der Waals surface area contributed by atoms with Gasteiger partial charge < -0.3 is 14.4 Å². The highest BCUT2D eigenvalue weighted by atomic mass is 16.5. The van der Waals surface area contributed by atoms with Crippen molar-refractivity contribution in [2.45, 2.75) is 6.10 Å². The average molecular weight is 283 g/mol. The predicted molar refractivity (Wildman–Crippen MR) is 84.8 cm³/mol. The van der Waals surface area contributed by atoms with E-state index in [0.29, 0.717) is 0 Å². The number of ether oxygens (including phenoxy) is 2. The standard InChI is InChI=1S/C18H21NO2/c1-20-18(15-5-3-2-4-6-15)16-7-9-17(10-8-16)19-11-13-21-14-12-19/h2-10,18H,11-14H2,1H3. The van der Waals surface area contributed by atoms with Crippen molar-refractivity contribution < 1.29 is 9.47 Å². The molecule has 3 nitrogen and oxygen atoms in total. The van der Waals surface area contributed by atoms with Crippen LogP contribution in [0.5, 0.6) is 0 Å². The van der Waals surface area contributed by atoms with Crippen LogP contribution in [0.3, 0.4) is 0 Å². The van der Waals surface area contributed by atoms with Gasteiger partial charge in [0, 0.05) is 25.9 Å². The topological polar surface area (TPSA) is 21.7 Å². The van der Waals surface area contributed by atoms with E-state index in [1.165, 1.54) is 16.8 Å². The van der Waals surface area contributed by atoms with Crippen LogP contribution < -0.4 is 4.90 Å². The summed E-state index contributed by atoms with van der Waals surface area (Å²) in [5, 5.41) is 0. The third-order valence-electron chi connectivity index (χ3n) is 3.91. The van der Waals surface area contributed by atoms with Gasteiger partial charge in [-0.05, 0) is 23.3 Å². The van der Waals surface area contributed by atoms with Crippen LogP contribution in [-0.2, 0) is 9.47 Å². The third-order valence-corrected chi connectivity index (χ3v) is 3.91. The summed E-state index contributed by atoms with van der Waals surface area (Å²) in [5.74, 6) is 0. The summed E-state index contributed by atoms with van der Waals surface area (Å²) in [6.45, 7) is 3.55. The lowest BCUT2D eigenvalue weighted by Gasteiger charge is -2.29. The second-order valence-corrected chi connectivity index (χ2v) is 5.22. The molecule has 1 fully saturated rings. The molecule has 0 amide bonds. The first-order valence-electron chi connectivity index (χ1n) is 7.39. The Bertz CT molecular complexity index is 547. The van der Waals surface area contributed by atoms with Crippen molar-refractivity contribution in [1.82, 2.24) is 0 Å². The smallest absolute Gasteiger partial charge is 0.107 e. The van der Waals surface area contributed by atoms with Crippen molar-refractivity contribution in [3.05, 3.63) is 65.7 Å². The molecule has 3 rings (SSSR count). The van der Waals surface area contributed by atoms with E-state index >= 15 is 0 Å². The molecular formula is C18H21NO2. The van der Waals surface area contributed by atoms with Gasteiger partial charge in [-0.1, -0.05) is 42.5 Å². The summed E-state index contributed by atoms with van der Waals surface area (Å²) in [5.41, 5.74) is 3.62. The first kappa shape index (κ1) is 14.1. The Kier molecular flexibility index (Phi) is 4.53. The number of rotatable bonds is 4. The van der Waals surface area contributed by atoms with Crippen molar-refractivity contribution in [3.8, 4) is 0 Å². The Morgan fingerprint density at radius 2 is 1.52 bits per heavy atom. The number of nitrogens with zero attached hydrogens (tertiary/aromatic N) is 1. The van der Waals surface area contributed by atoms with Gasteiger partial charge in [0.15, 0.2) is 0 Å². The molecule has 110 valence electrons. The molecule has 3 heteroatoms. The number of morpholine rings is 1. The molecule has 21 heavy (non-hydrogen) atoms. The highest BCUT2D eigenvalue weighted by molar-refractivity contribution is 5.49. The molecule has 0 aliphatic carbocycles. The van der Waals surface area contributed by atoms with Crippen LogP contribution in [0.15, 0.2) is 54.6 Å². The zero-order chi connectivity index (χ0) is 14.5. The van der Waals surface area contributed by atoms with Gasteiger partial charge in [0.2, 0.25) is 0 Å². The van der Waals surface area contributed by atoms with Crippen LogP contribution in [0, 0.1) is 0 Å². The monoisotopic (exact) mass is 283 g/mol. The molecule has 0 radical (unpaired) electrons. The number of methoxy groups -OCH3 is 1. The fourth-order valence-electron chi connectivity index (χ4n) is 2.77. The quantitative estimate of drug-likeness (QED) is 0.859. The van der Waals surface area contributed by atoms with Gasteiger partial charge in [-0.25, -0.2) is 0 Å². The molecule has 2 aromatic carbocycles. The number of hydrogen-bond acceptors (Lipinski definition) is 3. The lowest BCUT2D eigenvalue weighted by molar-refractivity contribution is 0.122. The third kappa shape index (κ3) is 3.26. The van der Waals surface area contributed by atoms with Crippen molar-refractivity contribution in [2.24, 2.45) is 0 Å². The van der Waals surface area contributed by atoms with Crippen molar-refractivity contribution in [1.29, 1.82) is 0 Å². The van der Waals surface area contributed by atoms with Crippen LogP contribution in [-0.4, -0.2) is 33.4 Å². The van der Waals surface area contributed by atoms with Gasteiger partial charge in [0.05, 0.1) is 13.2 Å². The van der Waals surface area contributed by atoms with Crippen LogP contribution in [0.4, 0.5) is 5.69 Å². The van der Waals surface area contributed by atoms with Gasteiger partial charge in [-0.3, -0.25) is 0 Å². The first-order chi connectivity index (χ1) is 10.4. The zero-order valence-electron chi connectivity index (χ0n) is 12.4. The molecule has 1 heterocycles. The highest BCUT2D eigenvalue weighted by Crippen LogP contribution is 2.27. The molecule has 0 aromatic heterocycles. The molecule has 0 saturated carbocycles. The summed E-state index contributed by atoms with van der Waals surface area (Å²) >= 11 is 0. The van der Waals surface area contributed by atoms with Gasteiger partial charge >= 0.3 is 0 Å². The molecular weight excluding hydrogens is 262 g/mol. The van der Waals surface area contributed by atoms with Crippen molar-refractivity contribution >= 4 is 5.69 Å². The van der Waals surface area contributed by atoms with E-state index in [-0.39, 0.29) is 6.10 Å². The van der Waals surface area contributed by atoms with E-state index in [9.17, 15) is 0 Å². The van der Waals surface area contributed by atoms with E-state index in [4.69, 9.17) is 9.47 Å². The Morgan fingerprint density at radius 3 is 2.14 bits per heavy atom. The van der Waals surface area contributed by atoms with Crippen LogP contribution in [0.1, 0.15) is 17.2 Å². The van der Waals surface area contributed by atoms with Crippen LogP contribution >= 0.6 is 0 Å². The maximum atomic E-state index is 5.67. The fraction of sp³-hybridized carbons (Fsp3) is 0.333. The van der Waals surface area contributed by atoms with E-state index in [0.717, 1.165) is 26.3 Å². The highest BCUT2D eigenvalue weighted by Gasteiger charge is 2.15. The second-order valence-electron chi connectivity index (χ2n) is 5.22. The van der Waals surface area contributed by atoms with Gasteiger partial charge in [-0.15, -0.1) is 0 Å². The predicted octanol–water partition coefficient (Wildman–Crippen LogP) is 3.26. The molecule has 1 saturated heterocycles. The minimum absolute atomic E-state index is 0.00932. The Labute approximate surface area is 126 Å².